The minimum Gasteiger partial charge on any atom is -0.366 e. The number of benzene rings is 2. The molecule has 0 atom stereocenters. The Morgan fingerprint density at radius 3 is 2.90 bits per heavy atom. The number of anilines is 2. The van der Waals surface area contributed by atoms with Gasteiger partial charge in [-0.05, 0) is 48.4 Å². The summed E-state index contributed by atoms with van der Waals surface area (Å²) in [5.74, 6) is -0.472. The van der Waals surface area contributed by atoms with Crippen molar-refractivity contribution in [3.63, 3.8) is 0 Å². The fourth-order valence-corrected chi connectivity index (χ4v) is 2.80. The predicted molar refractivity (Wildman–Crippen MR) is 85.1 cm³/mol. The number of carbonyl (C=O) groups is 1. The van der Waals surface area contributed by atoms with E-state index >= 15 is 0 Å². The van der Waals surface area contributed by atoms with E-state index in [0.29, 0.717) is 16.3 Å². The Labute approximate surface area is 128 Å². The Bertz CT molecular complexity index is 700. The lowest BCUT2D eigenvalue weighted by atomic mass is 9.98. The highest BCUT2D eigenvalue weighted by molar-refractivity contribution is 6.31. The molecule has 4 N–H and O–H groups in total. The molecule has 3 rings (SSSR count). The SMILES string of the molecule is NC(=O)c1ccc(Cl)cc1Nc1cccc2c1CCNC2. The molecule has 21 heavy (non-hydrogen) atoms. The molecule has 108 valence electrons. The van der Waals surface area contributed by atoms with Crippen molar-refractivity contribution in [2.24, 2.45) is 5.73 Å². The molecular weight excluding hydrogens is 286 g/mol. The van der Waals surface area contributed by atoms with Crippen LogP contribution in [0, 0.1) is 0 Å². The van der Waals surface area contributed by atoms with Gasteiger partial charge in [-0.2, -0.15) is 0 Å². The molecule has 0 aromatic heterocycles. The van der Waals surface area contributed by atoms with Crippen LogP contribution in [0.15, 0.2) is 36.4 Å². The van der Waals surface area contributed by atoms with E-state index in [4.69, 9.17) is 17.3 Å². The van der Waals surface area contributed by atoms with Crippen molar-refractivity contribution in [2.45, 2.75) is 13.0 Å². The van der Waals surface area contributed by atoms with Crippen LogP contribution in [-0.4, -0.2) is 12.5 Å². The summed E-state index contributed by atoms with van der Waals surface area (Å²) < 4.78 is 0. The topological polar surface area (TPSA) is 67.2 Å². The van der Waals surface area contributed by atoms with Crippen LogP contribution in [0.2, 0.25) is 5.02 Å². The fraction of sp³-hybridized carbons (Fsp3) is 0.188. The van der Waals surface area contributed by atoms with E-state index in [0.717, 1.165) is 25.2 Å². The van der Waals surface area contributed by atoms with Crippen LogP contribution in [0.5, 0.6) is 0 Å². The summed E-state index contributed by atoms with van der Waals surface area (Å²) in [7, 11) is 0. The average molecular weight is 302 g/mol. The minimum absolute atomic E-state index is 0.436. The van der Waals surface area contributed by atoms with Gasteiger partial charge in [0, 0.05) is 17.3 Å². The van der Waals surface area contributed by atoms with Crippen molar-refractivity contribution in [1.29, 1.82) is 0 Å². The number of fused-ring (bicyclic) bond motifs is 1. The summed E-state index contributed by atoms with van der Waals surface area (Å²) in [6, 6.07) is 11.2. The molecule has 2 aromatic carbocycles. The number of amides is 1. The smallest absolute Gasteiger partial charge is 0.250 e. The van der Waals surface area contributed by atoms with E-state index in [1.54, 1.807) is 18.2 Å². The Morgan fingerprint density at radius 1 is 1.24 bits per heavy atom. The number of nitrogens with two attached hydrogens (primary N) is 1. The van der Waals surface area contributed by atoms with Gasteiger partial charge in [-0.1, -0.05) is 23.7 Å². The van der Waals surface area contributed by atoms with E-state index < -0.39 is 5.91 Å². The van der Waals surface area contributed by atoms with Crippen molar-refractivity contribution >= 4 is 28.9 Å². The second-order valence-electron chi connectivity index (χ2n) is 5.05. The molecule has 0 aliphatic carbocycles. The Morgan fingerprint density at radius 2 is 2.10 bits per heavy atom. The number of rotatable bonds is 3. The van der Waals surface area contributed by atoms with E-state index in [-0.39, 0.29) is 0 Å². The van der Waals surface area contributed by atoms with Crippen LogP contribution in [0.4, 0.5) is 11.4 Å². The van der Waals surface area contributed by atoms with Gasteiger partial charge in [-0.15, -0.1) is 0 Å². The minimum atomic E-state index is -0.472. The largest absolute Gasteiger partial charge is 0.366 e. The summed E-state index contributed by atoms with van der Waals surface area (Å²) in [6.07, 6.45) is 0.949. The molecule has 0 saturated heterocycles. The number of hydrogen-bond donors (Lipinski definition) is 3. The molecule has 0 spiro atoms. The fourth-order valence-electron chi connectivity index (χ4n) is 2.63. The highest BCUT2D eigenvalue weighted by Crippen LogP contribution is 2.29. The van der Waals surface area contributed by atoms with Gasteiger partial charge in [0.1, 0.15) is 0 Å². The molecular formula is C16H16ClN3O. The number of nitrogens with one attached hydrogen (secondary N) is 2. The zero-order valence-corrected chi connectivity index (χ0v) is 12.2. The van der Waals surface area contributed by atoms with Crippen LogP contribution in [0.3, 0.4) is 0 Å². The van der Waals surface area contributed by atoms with Gasteiger partial charge >= 0.3 is 0 Å². The van der Waals surface area contributed by atoms with Gasteiger partial charge in [0.05, 0.1) is 11.3 Å². The molecule has 0 bridgehead atoms. The van der Waals surface area contributed by atoms with Gasteiger partial charge in [-0.3, -0.25) is 4.79 Å². The Kier molecular flexibility index (Phi) is 3.82. The Balaban J connectivity index is 2.01. The third kappa shape index (κ3) is 2.86. The third-order valence-electron chi connectivity index (χ3n) is 3.66. The molecule has 0 unspecified atom stereocenters. The van der Waals surface area contributed by atoms with Crippen LogP contribution in [-0.2, 0) is 13.0 Å². The molecule has 1 aliphatic heterocycles. The first-order chi connectivity index (χ1) is 10.1. The first kappa shape index (κ1) is 13.9. The molecule has 0 fully saturated rings. The highest BCUT2D eigenvalue weighted by Gasteiger charge is 2.15. The van der Waals surface area contributed by atoms with Crippen LogP contribution in [0.25, 0.3) is 0 Å². The maximum absolute atomic E-state index is 11.5. The van der Waals surface area contributed by atoms with Gasteiger partial charge in [-0.25, -0.2) is 0 Å². The summed E-state index contributed by atoms with van der Waals surface area (Å²) in [4.78, 5) is 11.5. The zero-order chi connectivity index (χ0) is 14.8. The maximum Gasteiger partial charge on any atom is 0.250 e. The van der Waals surface area contributed by atoms with E-state index in [9.17, 15) is 4.79 Å². The van der Waals surface area contributed by atoms with Crippen molar-refractivity contribution in [1.82, 2.24) is 5.32 Å². The van der Waals surface area contributed by atoms with Gasteiger partial charge in [0.2, 0.25) is 0 Å². The second-order valence-corrected chi connectivity index (χ2v) is 5.49. The molecule has 4 nitrogen and oxygen atoms in total. The van der Waals surface area contributed by atoms with Crippen molar-refractivity contribution in [3.05, 3.63) is 58.1 Å². The van der Waals surface area contributed by atoms with Crippen molar-refractivity contribution < 1.29 is 4.79 Å². The van der Waals surface area contributed by atoms with Crippen LogP contribution < -0.4 is 16.4 Å². The standard InChI is InChI=1S/C16H16ClN3O/c17-11-4-5-13(16(18)21)15(8-11)20-14-3-1-2-10-9-19-7-6-12(10)14/h1-5,8,19-20H,6-7,9H2,(H2,18,21). The van der Waals surface area contributed by atoms with Gasteiger partial charge in [0.15, 0.2) is 0 Å². The van der Waals surface area contributed by atoms with Crippen molar-refractivity contribution in [2.75, 3.05) is 11.9 Å². The molecule has 0 radical (unpaired) electrons. The quantitative estimate of drug-likeness (QED) is 0.816. The van der Waals surface area contributed by atoms with Crippen LogP contribution >= 0.6 is 11.6 Å². The lowest BCUT2D eigenvalue weighted by Crippen LogP contribution is -2.24. The third-order valence-corrected chi connectivity index (χ3v) is 3.89. The lowest BCUT2D eigenvalue weighted by molar-refractivity contribution is 0.100. The first-order valence-corrected chi connectivity index (χ1v) is 7.21. The molecule has 5 heteroatoms. The summed E-state index contributed by atoms with van der Waals surface area (Å²) >= 11 is 6.03. The number of carbonyl (C=O) groups excluding carboxylic acids is 1. The van der Waals surface area contributed by atoms with E-state index in [1.807, 2.05) is 12.1 Å². The Hall–Kier alpha value is -2.04. The highest BCUT2D eigenvalue weighted by atomic mass is 35.5. The summed E-state index contributed by atoms with van der Waals surface area (Å²) in [5.41, 5.74) is 10.0. The van der Waals surface area contributed by atoms with Gasteiger partial charge in [0.25, 0.3) is 5.91 Å². The maximum atomic E-state index is 11.5. The zero-order valence-electron chi connectivity index (χ0n) is 11.4. The number of primary amides is 1. The molecule has 0 saturated carbocycles. The van der Waals surface area contributed by atoms with E-state index in [2.05, 4.69) is 16.7 Å². The summed E-state index contributed by atoms with van der Waals surface area (Å²) in [6.45, 7) is 1.81. The molecule has 1 heterocycles. The van der Waals surface area contributed by atoms with E-state index in [1.165, 1.54) is 11.1 Å². The van der Waals surface area contributed by atoms with Crippen LogP contribution in [0.1, 0.15) is 21.5 Å². The lowest BCUT2D eigenvalue weighted by Gasteiger charge is -2.21. The first-order valence-electron chi connectivity index (χ1n) is 6.83. The average Bonchev–Trinajstić information content (AvgIpc) is 2.47. The predicted octanol–water partition coefficient (Wildman–Crippen LogP) is 2.83. The number of hydrogen-bond acceptors (Lipinski definition) is 3. The second kappa shape index (κ2) is 5.76. The van der Waals surface area contributed by atoms with Crippen molar-refractivity contribution in [3.8, 4) is 0 Å². The molecule has 2 aromatic rings. The summed E-state index contributed by atoms with van der Waals surface area (Å²) in [5, 5.41) is 7.22. The monoisotopic (exact) mass is 301 g/mol. The molecule has 1 amide bonds. The molecule has 1 aliphatic rings. The van der Waals surface area contributed by atoms with Gasteiger partial charge < -0.3 is 16.4 Å². The number of halogens is 1. The normalized spacial score (nSPS) is 13.6.